The summed E-state index contributed by atoms with van der Waals surface area (Å²) in [6.45, 7) is 5.85. The van der Waals surface area contributed by atoms with Crippen molar-refractivity contribution in [2.45, 2.75) is 58.1 Å². The molecule has 0 aromatic heterocycles. The van der Waals surface area contributed by atoms with E-state index >= 15 is 0 Å². The lowest BCUT2D eigenvalue weighted by Gasteiger charge is -2.61. The fourth-order valence-electron chi connectivity index (χ4n) is 3.71. The van der Waals surface area contributed by atoms with Crippen molar-refractivity contribution >= 4 is 5.69 Å². The molecule has 2 aliphatic rings. The van der Waals surface area contributed by atoms with Gasteiger partial charge in [-0.3, -0.25) is 0 Å². The largest absolute Gasteiger partial charge is 0.494 e. The van der Waals surface area contributed by atoms with Gasteiger partial charge in [-0.15, -0.1) is 0 Å². The number of benzene rings is 1. The highest BCUT2D eigenvalue weighted by molar-refractivity contribution is 5.48. The molecule has 0 amide bonds. The molecule has 0 saturated heterocycles. The van der Waals surface area contributed by atoms with Crippen LogP contribution in [0.25, 0.3) is 0 Å². The maximum Gasteiger partial charge on any atom is 0.119 e. The first-order chi connectivity index (χ1) is 10.3. The fourth-order valence-corrected chi connectivity index (χ4v) is 3.71. The van der Waals surface area contributed by atoms with Crippen LogP contribution in [0.15, 0.2) is 24.3 Å². The van der Waals surface area contributed by atoms with Crippen LogP contribution >= 0.6 is 0 Å². The third kappa shape index (κ3) is 2.76. The van der Waals surface area contributed by atoms with E-state index in [0.29, 0.717) is 17.6 Å². The minimum Gasteiger partial charge on any atom is -0.494 e. The van der Waals surface area contributed by atoms with Gasteiger partial charge in [0, 0.05) is 23.8 Å². The molecule has 2 unspecified atom stereocenters. The van der Waals surface area contributed by atoms with Crippen LogP contribution in [-0.4, -0.2) is 25.4 Å². The molecule has 0 bridgehead atoms. The van der Waals surface area contributed by atoms with Crippen LogP contribution in [0.4, 0.5) is 5.69 Å². The quantitative estimate of drug-likeness (QED) is 0.814. The molecule has 3 nitrogen and oxygen atoms in total. The van der Waals surface area contributed by atoms with Crippen LogP contribution in [0.2, 0.25) is 0 Å². The van der Waals surface area contributed by atoms with Gasteiger partial charge in [0.1, 0.15) is 5.75 Å². The SMILES string of the molecule is CCCOc1ccc(NC2CC(OCC)C23CCC3)cc1. The first kappa shape index (κ1) is 14.7. The van der Waals surface area contributed by atoms with E-state index in [4.69, 9.17) is 9.47 Å². The van der Waals surface area contributed by atoms with Gasteiger partial charge in [-0.05, 0) is 56.9 Å². The van der Waals surface area contributed by atoms with Gasteiger partial charge < -0.3 is 14.8 Å². The third-order valence-electron chi connectivity index (χ3n) is 5.11. The average molecular weight is 289 g/mol. The van der Waals surface area contributed by atoms with Crippen LogP contribution in [0.1, 0.15) is 46.0 Å². The molecular formula is C18H27NO2. The molecule has 1 aromatic rings. The highest BCUT2D eigenvalue weighted by Crippen LogP contribution is 2.58. The summed E-state index contributed by atoms with van der Waals surface area (Å²) in [7, 11) is 0. The van der Waals surface area contributed by atoms with Crippen molar-refractivity contribution in [3.05, 3.63) is 24.3 Å². The lowest BCUT2D eigenvalue weighted by Crippen LogP contribution is -2.64. The Balaban J connectivity index is 1.57. The smallest absolute Gasteiger partial charge is 0.119 e. The van der Waals surface area contributed by atoms with E-state index in [9.17, 15) is 0 Å². The highest BCUT2D eigenvalue weighted by Gasteiger charge is 2.58. The lowest BCUT2D eigenvalue weighted by molar-refractivity contribution is -0.157. The van der Waals surface area contributed by atoms with E-state index in [1.165, 1.54) is 24.9 Å². The molecule has 2 atom stereocenters. The molecule has 1 spiro atoms. The van der Waals surface area contributed by atoms with Gasteiger partial charge in [0.05, 0.1) is 12.7 Å². The monoisotopic (exact) mass is 289 g/mol. The molecule has 2 saturated carbocycles. The van der Waals surface area contributed by atoms with Crippen LogP contribution in [0.5, 0.6) is 5.75 Å². The number of ether oxygens (including phenoxy) is 2. The van der Waals surface area contributed by atoms with E-state index in [2.05, 4.69) is 43.4 Å². The molecule has 0 radical (unpaired) electrons. The first-order valence-corrected chi connectivity index (χ1v) is 8.39. The topological polar surface area (TPSA) is 30.5 Å². The molecule has 2 aliphatic carbocycles. The van der Waals surface area contributed by atoms with Crippen LogP contribution in [0.3, 0.4) is 0 Å². The van der Waals surface area contributed by atoms with Gasteiger partial charge in [-0.25, -0.2) is 0 Å². The van der Waals surface area contributed by atoms with Crippen molar-refractivity contribution in [1.82, 2.24) is 0 Å². The number of hydrogen-bond acceptors (Lipinski definition) is 3. The predicted octanol–water partition coefficient (Wildman–Crippen LogP) is 4.24. The van der Waals surface area contributed by atoms with Gasteiger partial charge in [0.15, 0.2) is 0 Å². The summed E-state index contributed by atoms with van der Waals surface area (Å²) in [6.07, 6.45) is 6.64. The zero-order valence-corrected chi connectivity index (χ0v) is 13.2. The number of rotatable bonds is 7. The number of nitrogens with one attached hydrogen (secondary N) is 1. The highest BCUT2D eigenvalue weighted by atomic mass is 16.5. The van der Waals surface area contributed by atoms with Gasteiger partial charge in [0.25, 0.3) is 0 Å². The van der Waals surface area contributed by atoms with Crippen LogP contribution in [-0.2, 0) is 4.74 Å². The van der Waals surface area contributed by atoms with Crippen molar-refractivity contribution < 1.29 is 9.47 Å². The van der Waals surface area contributed by atoms with E-state index in [-0.39, 0.29) is 0 Å². The van der Waals surface area contributed by atoms with Gasteiger partial charge in [0.2, 0.25) is 0 Å². The summed E-state index contributed by atoms with van der Waals surface area (Å²) in [5.41, 5.74) is 1.61. The Morgan fingerprint density at radius 1 is 1.19 bits per heavy atom. The predicted molar refractivity (Wildman–Crippen MR) is 86.0 cm³/mol. The van der Waals surface area contributed by atoms with Gasteiger partial charge >= 0.3 is 0 Å². The molecule has 116 valence electrons. The zero-order valence-electron chi connectivity index (χ0n) is 13.2. The van der Waals surface area contributed by atoms with E-state index in [0.717, 1.165) is 31.8 Å². The second-order valence-corrected chi connectivity index (χ2v) is 6.34. The number of hydrogen-bond donors (Lipinski definition) is 1. The maximum absolute atomic E-state index is 5.91. The molecule has 3 rings (SSSR count). The Hall–Kier alpha value is -1.22. The standard InChI is InChI=1S/C18H27NO2/c1-3-12-21-15-8-6-14(7-9-15)19-16-13-17(20-4-2)18(16)10-5-11-18/h6-9,16-17,19H,3-5,10-13H2,1-2H3. The minimum atomic E-state index is 0.410. The normalized spacial score (nSPS) is 26.0. The van der Waals surface area contributed by atoms with Crippen molar-refractivity contribution in [3.63, 3.8) is 0 Å². The van der Waals surface area contributed by atoms with Gasteiger partial charge in [-0.2, -0.15) is 0 Å². The zero-order chi connectivity index (χ0) is 14.7. The molecular weight excluding hydrogens is 262 g/mol. The Morgan fingerprint density at radius 3 is 2.52 bits per heavy atom. The van der Waals surface area contributed by atoms with Gasteiger partial charge in [-0.1, -0.05) is 13.3 Å². The molecule has 3 heteroatoms. The lowest BCUT2D eigenvalue weighted by atomic mass is 9.51. The molecule has 2 fully saturated rings. The average Bonchev–Trinajstić information content (AvgIpc) is 2.43. The van der Waals surface area contributed by atoms with E-state index in [1.807, 2.05) is 0 Å². The Morgan fingerprint density at radius 2 is 1.95 bits per heavy atom. The Bertz CT molecular complexity index is 453. The van der Waals surface area contributed by atoms with Crippen LogP contribution < -0.4 is 10.1 Å². The van der Waals surface area contributed by atoms with Crippen molar-refractivity contribution in [2.75, 3.05) is 18.5 Å². The second-order valence-electron chi connectivity index (χ2n) is 6.34. The molecule has 1 N–H and O–H groups in total. The molecule has 0 heterocycles. The minimum absolute atomic E-state index is 0.410. The Labute approximate surface area is 128 Å². The van der Waals surface area contributed by atoms with E-state index in [1.54, 1.807) is 0 Å². The summed E-state index contributed by atoms with van der Waals surface area (Å²) < 4.78 is 11.5. The third-order valence-corrected chi connectivity index (χ3v) is 5.11. The summed E-state index contributed by atoms with van der Waals surface area (Å²) >= 11 is 0. The summed E-state index contributed by atoms with van der Waals surface area (Å²) in [6, 6.07) is 8.95. The van der Waals surface area contributed by atoms with Crippen molar-refractivity contribution in [3.8, 4) is 5.75 Å². The molecule has 0 aliphatic heterocycles. The summed E-state index contributed by atoms with van der Waals surface area (Å²) in [5.74, 6) is 0.960. The fraction of sp³-hybridized carbons (Fsp3) is 0.667. The Kier molecular flexibility index (Phi) is 4.39. The van der Waals surface area contributed by atoms with Crippen molar-refractivity contribution in [1.29, 1.82) is 0 Å². The van der Waals surface area contributed by atoms with E-state index < -0.39 is 0 Å². The number of anilines is 1. The first-order valence-electron chi connectivity index (χ1n) is 8.39. The van der Waals surface area contributed by atoms with Crippen LogP contribution in [0, 0.1) is 5.41 Å². The molecule has 1 aromatic carbocycles. The summed E-state index contributed by atoms with van der Waals surface area (Å²) in [4.78, 5) is 0. The summed E-state index contributed by atoms with van der Waals surface area (Å²) in [5, 5.41) is 3.71. The molecule has 21 heavy (non-hydrogen) atoms. The second kappa shape index (κ2) is 6.27. The maximum atomic E-state index is 5.91. The van der Waals surface area contributed by atoms with Crippen molar-refractivity contribution in [2.24, 2.45) is 5.41 Å².